The van der Waals surface area contributed by atoms with E-state index in [1.54, 1.807) is 19.1 Å². The van der Waals surface area contributed by atoms with E-state index in [1.165, 1.54) is 34.3 Å². The van der Waals surface area contributed by atoms with E-state index in [2.05, 4.69) is 10.6 Å². The molecule has 0 fully saturated rings. The Labute approximate surface area is 389 Å². The van der Waals surface area contributed by atoms with E-state index in [0.717, 1.165) is 6.42 Å². The lowest BCUT2D eigenvalue weighted by Gasteiger charge is -2.25. The fourth-order valence-electron chi connectivity index (χ4n) is 9.16. The van der Waals surface area contributed by atoms with Crippen molar-refractivity contribution in [1.82, 2.24) is 0 Å². The minimum absolute atomic E-state index is 0.00774. The van der Waals surface area contributed by atoms with E-state index < -0.39 is 22.4 Å². The number of ketones is 1. The van der Waals surface area contributed by atoms with E-state index in [0.29, 0.717) is 85.8 Å². The fourth-order valence-corrected chi connectivity index (χ4v) is 9.16. The Kier molecular flexibility index (Phi) is 16.4. The van der Waals surface area contributed by atoms with Crippen LogP contribution in [0.25, 0.3) is 49.2 Å². The molecule has 0 saturated heterocycles. The lowest BCUT2D eigenvalue weighted by atomic mass is 9.80. The van der Waals surface area contributed by atoms with Gasteiger partial charge in [0.25, 0.3) is 0 Å². The summed E-state index contributed by atoms with van der Waals surface area (Å²) >= 11 is 0. The van der Waals surface area contributed by atoms with Crippen LogP contribution in [0.5, 0.6) is 23.0 Å². The van der Waals surface area contributed by atoms with Gasteiger partial charge in [0.15, 0.2) is 16.9 Å². The highest BCUT2D eigenvalue weighted by Crippen LogP contribution is 2.56. The summed E-state index contributed by atoms with van der Waals surface area (Å²) in [6.07, 6.45) is 3.59. The minimum atomic E-state index is -0.960. The van der Waals surface area contributed by atoms with Gasteiger partial charge in [-0.2, -0.15) is 0 Å². The van der Waals surface area contributed by atoms with E-state index >= 15 is 4.79 Å². The Morgan fingerprint density at radius 1 is 0.746 bits per heavy atom. The van der Waals surface area contributed by atoms with Gasteiger partial charge in [0.2, 0.25) is 5.43 Å². The summed E-state index contributed by atoms with van der Waals surface area (Å²) in [7, 11) is 4.31. The Bertz CT molecular complexity index is 2780. The molecule has 0 radical (unpaired) electrons. The van der Waals surface area contributed by atoms with Crippen LogP contribution in [0, 0.1) is 5.92 Å². The first-order valence-corrected chi connectivity index (χ1v) is 22.9. The number of aromatic hydroxyl groups is 1. The molecule has 6 rings (SSSR count). The van der Waals surface area contributed by atoms with Crippen molar-refractivity contribution in [2.45, 2.75) is 85.7 Å². The number of esters is 2. The number of phenols is 1. The number of nitrogens with one attached hydrogen (secondary N) is 2. The van der Waals surface area contributed by atoms with Crippen LogP contribution in [0.1, 0.15) is 91.2 Å². The molecule has 1 aliphatic carbocycles. The highest BCUT2D eigenvalue weighted by Gasteiger charge is 2.37. The van der Waals surface area contributed by atoms with Gasteiger partial charge in [0, 0.05) is 88.4 Å². The monoisotopic (exact) mass is 928 g/mol. The van der Waals surface area contributed by atoms with Crippen molar-refractivity contribution >= 4 is 78.3 Å². The highest BCUT2D eigenvalue weighted by atomic mass is 16.6. The van der Waals surface area contributed by atoms with Crippen molar-refractivity contribution in [2.75, 3.05) is 91.3 Å². The van der Waals surface area contributed by atoms with Crippen molar-refractivity contribution in [1.29, 1.82) is 0 Å². The molecule has 1 atom stereocenters. The zero-order chi connectivity index (χ0) is 48.7. The van der Waals surface area contributed by atoms with Gasteiger partial charge >= 0.3 is 11.9 Å². The normalized spacial score (nSPS) is 13.7. The number of ether oxygens (including phenoxy) is 8. The van der Waals surface area contributed by atoms with Gasteiger partial charge < -0.3 is 53.6 Å². The number of carbonyl (C=O) groups is 3. The second-order valence-electron chi connectivity index (χ2n) is 17.7. The maximum atomic E-state index is 15.0. The molecule has 16 heteroatoms. The Balaban J connectivity index is 1.43. The molecule has 0 heterocycles. The van der Waals surface area contributed by atoms with E-state index in [1.807, 2.05) is 34.6 Å². The van der Waals surface area contributed by atoms with Crippen LogP contribution in [0.4, 0.5) is 11.4 Å². The van der Waals surface area contributed by atoms with Gasteiger partial charge in [-0.05, 0) is 58.8 Å². The van der Waals surface area contributed by atoms with Crippen molar-refractivity contribution in [3.63, 3.8) is 0 Å². The first kappa shape index (κ1) is 50.4. The maximum absolute atomic E-state index is 15.0. The number of fused-ring (bicyclic) bond motifs is 1. The fraction of sp³-hybridized carbons (Fsp3) is 0.510. The third-order valence-corrected chi connectivity index (χ3v) is 12.2. The van der Waals surface area contributed by atoms with Crippen LogP contribution in [0.2, 0.25) is 0 Å². The smallest absolute Gasteiger partial charge is 0.305 e. The van der Waals surface area contributed by atoms with Gasteiger partial charge in [-0.15, -0.1) is 0 Å². The molecule has 0 spiro atoms. The molecular formula is C51H64N2O14. The molecule has 67 heavy (non-hydrogen) atoms. The second-order valence-corrected chi connectivity index (χ2v) is 17.7. The van der Waals surface area contributed by atoms with Gasteiger partial charge in [-0.3, -0.25) is 24.0 Å². The molecule has 5 aromatic rings. The molecular weight excluding hydrogens is 865 g/mol. The predicted octanol–water partition coefficient (Wildman–Crippen LogP) is 7.69. The number of carbonyl (C=O) groups excluding carboxylic acids is 3. The Hall–Kier alpha value is -5.97. The van der Waals surface area contributed by atoms with E-state index in [9.17, 15) is 24.3 Å². The molecule has 362 valence electrons. The Morgan fingerprint density at radius 3 is 1.93 bits per heavy atom. The Morgan fingerprint density at radius 2 is 1.34 bits per heavy atom. The minimum Gasteiger partial charge on any atom is -0.505 e. The van der Waals surface area contributed by atoms with Crippen molar-refractivity contribution in [3.8, 4) is 23.0 Å². The molecule has 0 bridgehead atoms. The largest absolute Gasteiger partial charge is 0.505 e. The zero-order valence-corrected chi connectivity index (χ0v) is 40.3. The van der Waals surface area contributed by atoms with Crippen molar-refractivity contribution in [2.24, 2.45) is 5.92 Å². The van der Waals surface area contributed by atoms with Crippen LogP contribution in [0.3, 0.4) is 0 Å². The average molecular weight is 929 g/mol. The SMILES string of the molecule is CCOC(C)(C)CCC(=O)OCCOCCNc1c(O)c2c(=O)cc(OC)c3c4c(OC)cc(NCCOCCOC(=O)CCC(C)C)c5c(=O)c(OC)c6c(c(c1C=C(C)C6C(C)=O)c23)c54. The number of Topliss-reactive ketones (excluding diaryl/α,β-unsaturated/α-hetero) is 1. The van der Waals surface area contributed by atoms with E-state index in [-0.39, 0.29) is 111 Å². The summed E-state index contributed by atoms with van der Waals surface area (Å²) in [6.45, 7) is 14.8. The summed E-state index contributed by atoms with van der Waals surface area (Å²) in [5, 5.41) is 21.7. The number of rotatable bonds is 26. The molecule has 0 aliphatic heterocycles. The van der Waals surface area contributed by atoms with Gasteiger partial charge in [0.05, 0.1) is 75.7 Å². The van der Waals surface area contributed by atoms with Crippen LogP contribution < -0.4 is 35.7 Å². The highest BCUT2D eigenvalue weighted by molar-refractivity contribution is 6.40. The predicted molar refractivity (Wildman–Crippen MR) is 259 cm³/mol. The zero-order valence-electron chi connectivity index (χ0n) is 40.3. The molecule has 0 amide bonds. The summed E-state index contributed by atoms with van der Waals surface area (Å²) in [5.41, 5.74) is 0.518. The molecule has 16 nitrogen and oxygen atoms in total. The number of allylic oxidation sites excluding steroid dienone is 1. The number of anilines is 2. The number of hydrogen-bond donors (Lipinski definition) is 3. The van der Waals surface area contributed by atoms with Gasteiger partial charge in [-0.1, -0.05) is 25.5 Å². The second kappa shape index (κ2) is 21.8. The van der Waals surface area contributed by atoms with Crippen molar-refractivity contribution in [3.05, 3.63) is 49.3 Å². The third-order valence-electron chi connectivity index (χ3n) is 12.2. The first-order valence-electron chi connectivity index (χ1n) is 22.9. The van der Waals surface area contributed by atoms with Crippen LogP contribution in [-0.4, -0.2) is 109 Å². The standard InChI is InChI=1S/C51H64N2O14/c1-11-67-51(6,7)15-14-36(57)66-23-21-64-19-17-53-47-30-24-28(4)37(29(5)54)46-44-38(30)43-40(48(47)58)32(55)26-34(61-9)42(43)41-33(60-8)25-31(39(45(41)44)49(59)50(46)62-10)52-16-18-63-20-22-65-35(56)13-12-27(2)3/h24-27,37,52-53,58H,11-23H2,1-10H3. The third kappa shape index (κ3) is 10.5. The van der Waals surface area contributed by atoms with Crippen LogP contribution in [0.15, 0.2) is 27.3 Å². The summed E-state index contributed by atoms with van der Waals surface area (Å²) < 4.78 is 45.9. The topological polar surface area (TPSA) is 203 Å². The van der Waals surface area contributed by atoms with Gasteiger partial charge in [-0.25, -0.2) is 0 Å². The molecule has 5 aromatic carbocycles. The van der Waals surface area contributed by atoms with Crippen LogP contribution >= 0.6 is 0 Å². The molecule has 1 unspecified atom stereocenters. The maximum Gasteiger partial charge on any atom is 0.305 e. The first-order chi connectivity index (χ1) is 32.0. The van der Waals surface area contributed by atoms with E-state index in [4.69, 9.17) is 37.9 Å². The van der Waals surface area contributed by atoms with Crippen molar-refractivity contribution < 1.29 is 57.4 Å². The number of benzene rings is 5. The summed E-state index contributed by atoms with van der Waals surface area (Å²) in [6, 6.07) is 2.99. The molecule has 1 aliphatic rings. The summed E-state index contributed by atoms with van der Waals surface area (Å²) in [5.74, 6) is -1.32. The molecule has 0 saturated carbocycles. The van der Waals surface area contributed by atoms with Crippen LogP contribution in [-0.2, 0) is 38.1 Å². The lowest BCUT2D eigenvalue weighted by molar-refractivity contribution is -0.147. The number of phenolic OH excluding ortho intramolecular Hbond substituents is 1. The lowest BCUT2D eigenvalue weighted by Crippen LogP contribution is -2.26. The van der Waals surface area contributed by atoms with Gasteiger partial charge in [0.1, 0.15) is 30.5 Å². The molecule has 3 N–H and O–H groups in total. The number of methoxy groups -OCH3 is 3. The summed E-state index contributed by atoms with van der Waals surface area (Å²) in [4.78, 5) is 67.6. The average Bonchev–Trinajstić information content (AvgIpc) is 3.41. The quantitative estimate of drug-likeness (QED) is 0.0160. The number of hydrogen-bond acceptors (Lipinski definition) is 16. The molecule has 0 aromatic heterocycles.